The van der Waals surface area contributed by atoms with Gasteiger partial charge in [-0.2, -0.15) is 4.68 Å². The van der Waals surface area contributed by atoms with E-state index in [1.54, 1.807) is 0 Å². The third kappa shape index (κ3) is 2.63. The molecule has 0 atom stereocenters. The van der Waals surface area contributed by atoms with Crippen molar-refractivity contribution >= 4 is 5.97 Å². The van der Waals surface area contributed by atoms with Crippen molar-refractivity contribution in [3.63, 3.8) is 0 Å². The number of carbonyl (C=O) groups is 1. The molecule has 1 aliphatic carbocycles. The van der Waals surface area contributed by atoms with Crippen LogP contribution < -0.4 is 0 Å². The molecule has 110 valence electrons. The summed E-state index contributed by atoms with van der Waals surface area (Å²) in [5, 5.41) is 20.7. The zero-order valence-electron chi connectivity index (χ0n) is 11.4. The van der Waals surface area contributed by atoms with Gasteiger partial charge < -0.3 is 5.11 Å². The highest BCUT2D eigenvalue weighted by molar-refractivity contribution is 5.88. The summed E-state index contributed by atoms with van der Waals surface area (Å²) in [5.41, 5.74) is 0.0944. The van der Waals surface area contributed by atoms with Gasteiger partial charge in [0.1, 0.15) is 5.82 Å². The van der Waals surface area contributed by atoms with Crippen molar-refractivity contribution in [2.45, 2.75) is 38.0 Å². The van der Waals surface area contributed by atoms with E-state index in [9.17, 15) is 9.18 Å². The zero-order valence-corrected chi connectivity index (χ0v) is 11.4. The quantitative estimate of drug-likeness (QED) is 0.939. The van der Waals surface area contributed by atoms with Crippen LogP contribution in [-0.4, -0.2) is 31.3 Å². The molecule has 1 heterocycles. The van der Waals surface area contributed by atoms with Crippen molar-refractivity contribution in [3.05, 3.63) is 35.4 Å². The van der Waals surface area contributed by atoms with Gasteiger partial charge in [0.05, 0.1) is 11.3 Å². The third-order valence-corrected chi connectivity index (χ3v) is 3.89. The molecule has 0 radical (unpaired) electrons. The van der Waals surface area contributed by atoms with Crippen molar-refractivity contribution in [3.8, 4) is 5.69 Å². The van der Waals surface area contributed by atoms with E-state index in [0.717, 1.165) is 37.6 Å². The molecule has 1 saturated carbocycles. The number of rotatable bonds is 3. The fourth-order valence-electron chi connectivity index (χ4n) is 2.80. The first-order chi connectivity index (χ1) is 10.2. The van der Waals surface area contributed by atoms with Crippen LogP contribution in [-0.2, 0) is 0 Å². The second-order valence-corrected chi connectivity index (χ2v) is 5.25. The summed E-state index contributed by atoms with van der Waals surface area (Å²) in [6, 6.07) is 3.88. The van der Waals surface area contributed by atoms with Crippen LogP contribution in [0.4, 0.5) is 4.39 Å². The van der Waals surface area contributed by atoms with Crippen LogP contribution >= 0.6 is 0 Å². The molecule has 1 fully saturated rings. The highest BCUT2D eigenvalue weighted by atomic mass is 19.1. The highest BCUT2D eigenvalue weighted by Crippen LogP contribution is 2.32. The lowest BCUT2D eigenvalue weighted by molar-refractivity contribution is 0.0692. The molecule has 0 amide bonds. The van der Waals surface area contributed by atoms with Crippen LogP contribution in [0.5, 0.6) is 0 Å². The lowest BCUT2D eigenvalue weighted by Gasteiger charge is -2.20. The fourth-order valence-corrected chi connectivity index (χ4v) is 2.80. The Labute approximate surface area is 120 Å². The molecule has 0 aliphatic heterocycles. The summed E-state index contributed by atoms with van der Waals surface area (Å²) in [6.45, 7) is 0. The summed E-state index contributed by atoms with van der Waals surface area (Å²) >= 11 is 0. The Balaban J connectivity index is 1.99. The first-order valence-electron chi connectivity index (χ1n) is 6.98. The molecule has 0 spiro atoms. The standard InChI is InChI=1S/C14H15FN4O2/c15-12-7-6-10(8-11(12)14(20)21)19-13(16-17-18-19)9-4-2-1-3-5-9/h6-9H,1-5H2,(H,20,21). The van der Waals surface area contributed by atoms with Crippen molar-refractivity contribution in [2.75, 3.05) is 0 Å². The Hall–Kier alpha value is -2.31. The van der Waals surface area contributed by atoms with Gasteiger partial charge in [-0.1, -0.05) is 19.3 Å². The largest absolute Gasteiger partial charge is 0.478 e. The van der Waals surface area contributed by atoms with E-state index in [0.29, 0.717) is 5.69 Å². The van der Waals surface area contributed by atoms with E-state index in [-0.39, 0.29) is 11.5 Å². The number of nitrogens with zero attached hydrogens (tertiary/aromatic N) is 4. The third-order valence-electron chi connectivity index (χ3n) is 3.89. The number of carboxylic acid groups (broad SMARTS) is 1. The number of benzene rings is 1. The molecule has 7 heteroatoms. The van der Waals surface area contributed by atoms with Crippen molar-refractivity contribution < 1.29 is 14.3 Å². The Bertz CT molecular complexity index is 665. The molecule has 21 heavy (non-hydrogen) atoms. The second kappa shape index (κ2) is 5.59. The molecule has 0 bridgehead atoms. The van der Waals surface area contributed by atoms with Gasteiger partial charge in [0.2, 0.25) is 0 Å². The molecule has 3 rings (SSSR count). The maximum atomic E-state index is 13.5. The molecule has 6 nitrogen and oxygen atoms in total. The highest BCUT2D eigenvalue weighted by Gasteiger charge is 2.23. The fraction of sp³-hybridized carbons (Fsp3) is 0.429. The van der Waals surface area contributed by atoms with Gasteiger partial charge in [0, 0.05) is 5.92 Å². The Morgan fingerprint density at radius 3 is 2.76 bits per heavy atom. The maximum absolute atomic E-state index is 13.5. The van der Waals surface area contributed by atoms with E-state index in [2.05, 4.69) is 15.5 Å². The first-order valence-corrected chi connectivity index (χ1v) is 6.98. The lowest BCUT2D eigenvalue weighted by Crippen LogP contribution is -2.13. The van der Waals surface area contributed by atoms with Crippen molar-refractivity contribution in [1.29, 1.82) is 0 Å². The maximum Gasteiger partial charge on any atom is 0.338 e. The van der Waals surface area contributed by atoms with Crippen LogP contribution in [0.15, 0.2) is 18.2 Å². The SMILES string of the molecule is O=C(O)c1cc(-n2nnnc2C2CCCCC2)ccc1F. The van der Waals surface area contributed by atoms with E-state index in [1.807, 2.05) is 0 Å². The summed E-state index contributed by atoms with van der Waals surface area (Å²) in [7, 11) is 0. The molecule has 1 N–H and O–H groups in total. The molecule has 0 unspecified atom stereocenters. The van der Waals surface area contributed by atoms with Crippen LogP contribution in [0.2, 0.25) is 0 Å². The summed E-state index contributed by atoms with van der Waals surface area (Å²) in [4.78, 5) is 11.0. The number of aromatic nitrogens is 4. The molecule has 0 saturated heterocycles. The Morgan fingerprint density at radius 1 is 1.29 bits per heavy atom. The molecule has 1 aromatic carbocycles. The van der Waals surface area contributed by atoms with E-state index in [4.69, 9.17) is 5.11 Å². The zero-order chi connectivity index (χ0) is 14.8. The minimum atomic E-state index is -1.30. The summed E-state index contributed by atoms with van der Waals surface area (Å²) in [5.74, 6) is -1.08. The monoisotopic (exact) mass is 290 g/mol. The molecule has 1 aromatic heterocycles. The minimum absolute atomic E-state index is 0.270. The van der Waals surface area contributed by atoms with Gasteiger partial charge in [-0.05, 0) is 41.5 Å². The Kier molecular flexibility index (Phi) is 3.64. The number of halogens is 1. The van der Waals surface area contributed by atoms with E-state index >= 15 is 0 Å². The van der Waals surface area contributed by atoms with Gasteiger partial charge in [0.25, 0.3) is 0 Å². The van der Waals surface area contributed by atoms with Crippen LogP contribution in [0, 0.1) is 5.82 Å². The lowest BCUT2D eigenvalue weighted by atomic mass is 9.88. The van der Waals surface area contributed by atoms with Gasteiger partial charge in [-0.3, -0.25) is 0 Å². The van der Waals surface area contributed by atoms with E-state index in [1.165, 1.54) is 23.2 Å². The van der Waals surface area contributed by atoms with Crippen LogP contribution in [0.3, 0.4) is 0 Å². The van der Waals surface area contributed by atoms with Crippen molar-refractivity contribution in [1.82, 2.24) is 20.2 Å². The van der Waals surface area contributed by atoms with Crippen molar-refractivity contribution in [2.24, 2.45) is 0 Å². The molecule has 1 aliphatic rings. The number of aromatic carboxylic acids is 1. The van der Waals surface area contributed by atoms with Gasteiger partial charge in [0.15, 0.2) is 5.82 Å². The predicted octanol–water partition coefficient (Wildman–Crippen LogP) is 2.55. The molecular formula is C14H15FN4O2. The normalized spacial score (nSPS) is 16.0. The van der Waals surface area contributed by atoms with Gasteiger partial charge in [-0.25, -0.2) is 9.18 Å². The average molecular weight is 290 g/mol. The first kappa shape index (κ1) is 13.7. The second-order valence-electron chi connectivity index (χ2n) is 5.25. The number of carboxylic acids is 1. The van der Waals surface area contributed by atoms with Crippen LogP contribution in [0.1, 0.15) is 54.2 Å². The Morgan fingerprint density at radius 2 is 2.05 bits per heavy atom. The molecule has 2 aromatic rings. The topological polar surface area (TPSA) is 80.9 Å². The average Bonchev–Trinajstić information content (AvgIpc) is 2.98. The number of hydrogen-bond donors (Lipinski definition) is 1. The summed E-state index contributed by atoms with van der Waals surface area (Å²) < 4.78 is 15.0. The minimum Gasteiger partial charge on any atom is -0.478 e. The van der Waals surface area contributed by atoms with Gasteiger partial charge >= 0.3 is 5.97 Å². The summed E-state index contributed by atoms with van der Waals surface area (Å²) in [6.07, 6.45) is 5.54. The van der Waals surface area contributed by atoms with Gasteiger partial charge in [-0.15, -0.1) is 5.10 Å². The van der Waals surface area contributed by atoms with Crippen LogP contribution in [0.25, 0.3) is 5.69 Å². The predicted molar refractivity (Wildman–Crippen MR) is 71.9 cm³/mol. The number of tetrazole rings is 1. The van der Waals surface area contributed by atoms with E-state index < -0.39 is 11.8 Å². The number of hydrogen-bond acceptors (Lipinski definition) is 4. The molecular weight excluding hydrogens is 275 g/mol. The smallest absolute Gasteiger partial charge is 0.338 e.